The number of unbranched alkanes of at least 4 members (excludes halogenated alkanes) is 3. The molecule has 8 nitrogen and oxygen atoms in total. The lowest BCUT2D eigenvalue weighted by Crippen LogP contribution is -2.29. The van der Waals surface area contributed by atoms with Gasteiger partial charge >= 0.3 is 0 Å². The number of rotatable bonds is 13. The minimum Gasteiger partial charge on any atom is -0.508 e. The van der Waals surface area contributed by atoms with E-state index in [-0.39, 0.29) is 23.6 Å². The first kappa shape index (κ1) is 26.2. The van der Waals surface area contributed by atoms with Gasteiger partial charge in [-0.1, -0.05) is 56.5 Å². The molecule has 2 amide bonds. The second-order valence-electron chi connectivity index (χ2n) is 9.20. The maximum atomic E-state index is 13.0. The van der Waals surface area contributed by atoms with Crippen LogP contribution in [-0.2, 0) is 9.63 Å². The van der Waals surface area contributed by atoms with Gasteiger partial charge in [0, 0.05) is 17.4 Å². The van der Waals surface area contributed by atoms with Crippen LogP contribution in [0.4, 0.5) is 0 Å². The lowest BCUT2D eigenvalue weighted by atomic mass is 10.1. The van der Waals surface area contributed by atoms with Gasteiger partial charge in [0.05, 0.1) is 23.7 Å². The highest BCUT2D eigenvalue weighted by Crippen LogP contribution is 2.27. The summed E-state index contributed by atoms with van der Waals surface area (Å²) in [4.78, 5) is 38.4. The van der Waals surface area contributed by atoms with Crippen LogP contribution in [-0.4, -0.2) is 33.5 Å². The topological polar surface area (TPSA) is 116 Å². The van der Waals surface area contributed by atoms with E-state index >= 15 is 0 Å². The van der Waals surface area contributed by atoms with Crippen molar-refractivity contribution in [1.29, 1.82) is 0 Å². The zero-order valence-corrected chi connectivity index (χ0v) is 21.1. The highest BCUT2D eigenvalue weighted by atomic mass is 16.6. The first-order valence-corrected chi connectivity index (χ1v) is 12.9. The molecule has 0 saturated heterocycles. The number of aromatic amines is 1. The molecule has 0 unspecified atom stereocenters. The lowest BCUT2D eigenvalue weighted by molar-refractivity contribution is -0.133. The standard InChI is InChI=1S/C29H34N4O4/c1-2-3-19-37-33-26(35)12-6-4-5-11-25(31-29(36)21-13-16-22(34)17-14-21)28-30-24-18-15-20-9-7-8-10-23(20)27(24)32-28/h7-10,13-18,25,34H,2-6,11-12,19H2,1H3,(H,30,32)(H,31,36)(H,33,35)/t25-/m0/s1. The van der Waals surface area contributed by atoms with E-state index in [0.29, 0.717) is 30.8 Å². The van der Waals surface area contributed by atoms with Crippen molar-refractivity contribution in [2.45, 2.75) is 57.9 Å². The number of phenolic OH excluding ortho intramolecular Hbond substituents is 1. The molecule has 4 N–H and O–H groups in total. The van der Waals surface area contributed by atoms with E-state index in [9.17, 15) is 14.7 Å². The molecule has 1 atom stereocenters. The summed E-state index contributed by atoms with van der Waals surface area (Å²) in [5.41, 5.74) is 4.74. The van der Waals surface area contributed by atoms with Crippen LogP contribution in [0.3, 0.4) is 0 Å². The molecule has 0 aliphatic rings. The molecule has 8 heteroatoms. The quantitative estimate of drug-likeness (QED) is 0.138. The summed E-state index contributed by atoms with van der Waals surface area (Å²) >= 11 is 0. The summed E-state index contributed by atoms with van der Waals surface area (Å²) in [6.45, 7) is 2.59. The molecule has 0 radical (unpaired) electrons. The minimum atomic E-state index is -0.335. The number of imidazole rings is 1. The van der Waals surface area contributed by atoms with Crippen LogP contribution in [0.5, 0.6) is 5.75 Å². The summed E-state index contributed by atoms with van der Waals surface area (Å²) in [7, 11) is 0. The van der Waals surface area contributed by atoms with E-state index in [1.54, 1.807) is 12.1 Å². The van der Waals surface area contributed by atoms with Crippen molar-refractivity contribution in [1.82, 2.24) is 20.8 Å². The van der Waals surface area contributed by atoms with Crippen molar-refractivity contribution < 1.29 is 19.5 Å². The van der Waals surface area contributed by atoms with Crippen LogP contribution in [0.15, 0.2) is 60.7 Å². The number of nitrogens with one attached hydrogen (secondary N) is 3. The molecule has 1 heterocycles. The number of benzene rings is 3. The third kappa shape index (κ3) is 7.07. The smallest absolute Gasteiger partial charge is 0.251 e. The third-order valence-electron chi connectivity index (χ3n) is 6.34. The Hall–Kier alpha value is -3.91. The van der Waals surface area contributed by atoms with E-state index < -0.39 is 0 Å². The molecule has 0 aliphatic heterocycles. The molecular weight excluding hydrogens is 468 g/mol. The van der Waals surface area contributed by atoms with Crippen molar-refractivity contribution >= 4 is 33.6 Å². The van der Waals surface area contributed by atoms with Gasteiger partial charge in [-0.3, -0.25) is 14.4 Å². The normalized spacial score (nSPS) is 12.0. The summed E-state index contributed by atoms with van der Waals surface area (Å²) in [6.07, 6.45) is 5.35. The van der Waals surface area contributed by atoms with Crippen LogP contribution in [0.25, 0.3) is 21.8 Å². The van der Waals surface area contributed by atoms with Gasteiger partial charge < -0.3 is 15.4 Å². The summed E-state index contributed by atoms with van der Waals surface area (Å²) in [5.74, 6) is 0.453. The van der Waals surface area contributed by atoms with Crippen LogP contribution in [0.1, 0.15) is 74.1 Å². The lowest BCUT2D eigenvalue weighted by Gasteiger charge is -2.17. The zero-order chi connectivity index (χ0) is 26.0. The number of hydrogen-bond donors (Lipinski definition) is 4. The summed E-state index contributed by atoms with van der Waals surface area (Å²) in [5, 5.41) is 14.8. The molecule has 1 aromatic heterocycles. The fourth-order valence-corrected chi connectivity index (χ4v) is 4.27. The summed E-state index contributed by atoms with van der Waals surface area (Å²) < 4.78 is 0. The largest absolute Gasteiger partial charge is 0.508 e. The number of phenols is 1. The maximum Gasteiger partial charge on any atom is 0.251 e. The Kier molecular flexibility index (Phi) is 9.10. The molecular formula is C29H34N4O4. The van der Waals surface area contributed by atoms with Gasteiger partial charge in [0.25, 0.3) is 5.91 Å². The number of hydrogen-bond acceptors (Lipinski definition) is 5. The molecule has 4 aromatic rings. The van der Waals surface area contributed by atoms with Crippen LogP contribution in [0.2, 0.25) is 0 Å². The predicted molar refractivity (Wildman–Crippen MR) is 144 cm³/mol. The van der Waals surface area contributed by atoms with Crippen molar-refractivity contribution in [3.8, 4) is 5.75 Å². The number of aromatic nitrogens is 2. The third-order valence-corrected chi connectivity index (χ3v) is 6.34. The molecule has 37 heavy (non-hydrogen) atoms. The van der Waals surface area contributed by atoms with E-state index in [1.807, 2.05) is 24.3 Å². The predicted octanol–water partition coefficient (Wildman–Crippen LogP) is 5.69. The number of H-pyrrole nitrogens is 1. The van der Waals surface area contributed by atoms with Gasteiger partial charge in [0.2, 0.25) is 5.91 Å². The molecule has 0 saturated carbocycles. The maximum absolute atomic E-state index is 13.0. The van der Waals surface area contributed by atoms with Crippen molar-refractivity contribution in [3.63, 3.8) is 0 Å². The molecule has 0 bridgehead atoms. The zero-order valence-electron chi connectivity index (χ0n) is 21.1. The van der Waals surface area contributed by atoms with Gasteiger partial charge in [-0.05, 0) is 55.0 Å². The van der Waals surface area contributed by atoms with Gasteiger partial charge in [-0.25, -0.2) is 10.5 Å². The number of fused-ring (bicyclic) bond motifs is 3. The Morgan fingerprint density at radius 1 is 1.00 bits per heavy atom. The Morgan fingerprint density at radius 3 is 2.62 bits per heavy atom. The molecule has 194 valence electrons. The fraction of sp³-hybridized carbons (Fsp3) is 0.345. The van der Waals surface area contributed by atoms with Crippen molar-refractivity contribution in [3.05, 3.63) is 72.1 Å². The average molecular weight is 503 g/mol. The molecule has 4 rings (SSSR count). The van der Waals surface area contributed by atoms with E-state index in [2.05, 4.69) is 34.8 Å². The minimum absolute atomic E-state index is 0.108. The van der Waals surface area contributed by atoms with Crippen LogP contribution in [0, 0.1) is 0 Å². The molecule has 0 spiro atoms. The van der Waals surface area contributed by atoms with Gasteiger partial charge in [0.1, 0.15) is 11.6 Å². The number of aromatic hydroxyl groups is 1. The van der Waals surface area contributed by atoms with Crippen LogP contribution >= 0.6 is 0 Å². The first-order valence-electron chi connectivity index (χ1n) is 12.9. The Bertz CT molecular complexity index is 1330. The van der Waals surface area contributed by atoms with Gasteiger partial charge in [-0.2, -0.15) is 0 Å². The van der Waals surface area contributed by atoms with E-state index in [0.717, 1.165) is 53.9 Å². The van der Waals surface area contributed by atoms with Crippen LogP contribution < -0.4 is 10.8 Å². The van der Waals surface area contributed by atoms with Crippen molar-refractivity contribution in [2.24, 2.45) is 0 Å². The van der Waals surface area contributed by atoms with E-state index in [4.69, 9.17) is 9.82 Å². The Labute approximate surface area is 216 Å². The van der Waals surface area contributed by atoms with Crippen molar-refractivity contribution in [2.75, 3.05) is 6.61 Å². The molecule has 3 aromatic carbocycles. The average Bonchev–Trinajstić information content (AvgIpc) is 3.35. The fourth-order valence-electron chi connectivity index (χ4n) is 4.27. The molecule has 0 fully saturated rings. The summed E-state index contributed by atoms with van der Waals surface area (Å²) in [6, 6.07) is 18.0. The second kappa shape index (κ2) is 12.9. The second-order valence-corrected chi connectivity index (χ2v) is 9.20. The Morgan fingerprint density at radius 2 is 1.81 bits per heavy atom. The SMILES string of the molecule is CCCCONC(=O)CCCCC[C@H](NC(=O)c1ccc(O)cc1)c1nc2c(ccc3ccccc32)[nH]1. The molecule has 0 aliphatic carbocycles. The number of amides is 2. The highest BCUT2D eigenvalue weighted by molar-refractivity contribution is 6.04. The number of carbonyl (C=O) groups is 2. The highest BCUT2D eigenvalue weighted by Gasteiger charge is 2.20. The van der Waals surface area contributed by atoms with E-state index in [1.165, 1.54) is 12.1 Å². The van der Waals surface area contributed by atoms with Gasteiger partial charge in [-0.15, -0.1) is 0 Å². The van der Waals surface area contributed by atoms with Gasteiger partial charge in [0.15, 0.2) is 0 Å². The Balaban J connectivity index is 1.42. The number of carbonyl (C=O) groups excluding carboxylic acids is 2. The first-order chi connectivity index (χ1) is 18.0. The monoisotopic (exact) mass is 502 g/mol. The number of hydroxylamine groups is 1. The number of nitrogens with zero attached hydrogens (tertiary/aromatic N) is 1.